The summed E-state index contributed by atoms with van der Waals surface area (Å²) in [5.74, 6) is 0. The summed E-state index contributed by atoms with van der Waals surface area (Å²) in [5, 5.41) is 22.8. The first kappa shape index (κ1) is 20.1. The average molecular weight is 446 g/mol. The van der Waals surface area contributed by atoms with Crippen LogP contribution in [0.4, 0.5) is 0 Å². The lowest BCUT2D eigenvalue weighted by atomic mass is 9.79. The minimum atomic E-state index is -0.622. The zero-order chi connectivity index (χ0) is 20.9. The number of nitrogens with zero attached hydrogens (tertiary/aromatic N) is 4. The van der Waals surface area contributed by atoms with Crippen LogP contribution in [0.5, 0.6) is 0 Å². The first-order chi connectivity index (χ1) is 14.4. The SMILES string of the molecule is Cc1cc(Cn2cc([C@@H]3C[C@]4(C[C@H](C)N3)OC[C@@H](O)c3cc(Cl)sc34)nn2)ccn1. The van der Waals surface area contributed by atoms with Gasteiger partial charge in [-0.2, -0.15) is 0 Å². The van der Waals surface area contributed by atoms with Gasteiger partial charge in [0.1, 0.15) is 11.7 Å². The van der Waals surface area contributed by atoms with Crippen LogP contribution in [-0.2, 0) is 16.9 Å². The minimum Gasteiger partial charge on any atom is -0.386 e. The van der Waals surface area contributed by atoms with Gasteiger partial charge in [0.25, 0.3) is 0 Å². The van der Waals surface area contributed by atoms with Crippen molar-refractivity contribution in [2.75, 3.05) is 6.61 Å². The lowest BCUT2D eigenvalue weighted by Gasteiger charge is -2.46. The van der Waals surface area contributed by atoms with E-state index in [1.54, 1.807) is 0 Å². The zero-order valence-corrected chi connectivity index (χ0v) is 18.5. The molecule has 1 fully saturated rings. The number of aliphatic hydroxyl groups is 1. The molecule has 0 radical (unpaired) electrons. The Morgan fingerprint density at radius 1 is 1.40 bits per heavy atom. The van der Waals surface area contributed by atoms with Crippen LogP contribution >= 0.6 is 22.9 Å². The van der Waals surface area contributed by atoms with Gasteiger partial charge in [0.2, 0.25) is 0 Å². The molecule has 1 saturated heterocycles. The van der Waals surface area contributed by atoms with Crippen LogP contribution in [0, 0.1) is 6.92 Å². The highest BCUT2D eigenvalue weighted by atomic mass is 35.5. The number of nitrogens with one attached hydrogen (secondary N) is 1. The molecule has 1 spiro atoms. The van der Waals surface area contributed by atoms with Gasteiger partial charge in [0.15, 0.2) is 0 Å². The lowest BCUT2D eigenvalue weighted by molar-refractivity contribution is -0.129. The number of hydrogen-bond donors (Lipinski definition) is 2. The number of thiophene rings is 1. The highest BCUT2D eigenvalue weighted by Gasteiger charge is 2.48. The Balaban J connectivity index is 1.41. The highest BCUT2D eigenvalue weighted by Crippen LogP contribution is 2.51. The fraction of sp³-hybridized carbons (Fsp3) is 0.476. The molecular formula is C21H24ClN5O2S. The quantitative estimate of drug-likeness (QED) is 0.641. The molecule has 5 heterocycles. The number of aryl methyl sites for hydroxylation is 1. The van der Waals surface area contributed by atoms with E-state index in [-0.39, 0.29) is 18.7 Å². The van der Waals surface area contributed by atoms with Gasteiger partial charge in [0, 0.05) is 34.8 Å². The van der Waals surface area contributed by atoms with E-state index in [9.17, 15) is 5.11 Å². The number of halogens is 1. The molecule has 0 aromatic carbocycles. The van der Waals surface area contributed by atoms with Gasteiger partial charge in [-0.15, -0.1) is 16.4 Å². The van der Waals surface area contributed by atoms with Crippen LogP contribution < -0.4 is 5.32 Å². The van der Waals surface area contributed by atoms with Crippen molar-refractivity contribution in [2.45, 2.75) is 57.0 Å². The summed E-state index contributed by atoms with van der Waals surface area (Å²) in [4.78, 5) is 5.29. The maximum Gasteiger partial charge on any atom is 0.106 e. The molecule has 0 saturated carbocycles. The van der Waals surface area contributed by atoms with Crippen molar-refractivity contribution in [3.63, 3.8) is 0 Å². The molecule has 7 nitrogen and oxygen atoms in total. The normalized spacial score (nSPS) is 28.6. The Bertz CT molecular complexity index is 1070. The van der Waals surface area contributed by atoms with E-state index in [1.807, 2.05) is 36.1 Å². The Hall–Kier alpha value is -1.84. The second kappa shape index (κ2) is 7.69. The number of aromatic nitrogens is 4. The predicted molar refractivity (Wildman–Crippen MR) is 115 cm³/mol. The summed E-state index contributed by atoms with van der Waals surface area (Å²) in [7, 11) is 0. The van der Waals surface area contributed by atoms with E-state index in [1.165, 1.54) is 11.3 Å². The Morgan fingerprint density at radius 3 is 3.10 bits per heavy atom. The van der Waals surface area contributed by atoms with Crippen molar-refractivity contribution in [3.05, 3.63) is 62.3 Å². The van der Waals surface area contributed by atoms with Gasteiger partial charge < -0.3 is 15.2 Å². The van der Waals surface area contributed by atoms with Gasteiger partial charge in [-0.25, -0.2) is 4.68 Å². The van der Waals surface area contributed by atoms with Crippen molar-refractivity contribution in [3.8, 4) is 0 Å². The Kier molecular flexibility index (Phi) is 5.15. The molecule has 5 rings (SSSR count). The molecular weight excluding hydrogens is 422 g/mol. The fourth-order valence-corrected chi connectivity index (χ4v) is 6.13. The number of ether oxygens (including phenoxy) is 1. The molecule has 30 heavy (non-hydrogen) atoms. The second-order valence-electron chi connectivity index (χ2n) is 8.33. The molecule has 4 atom stereocenters. The van der Waals surface area contributed by atoms with Crippen LogP contribution in [0.15, 0.2) is 30.6 Å². The number of pyridine rings is 1. The molecule has 0 bridgehead atoms. The third kappa shape index (κ3) is 3.67. The molecule has 3 aromatic rings. The van der Waals surface area contributed by atoms with Crippen molar-refractivity contribution in [1.82, 2.24) is 25.3 Å². The molecule has 3 aromatic heterocycles. The molecule has 0 unspecified atom stereocenters. The van der Waals surface area contributed by atoms with Crippen molar-refractivity contribution in [2.24, 2.45) is 0 Å². The summed E-state index contributed by atoms with van der Waals surface area (Å²) in [6.07, 6.45) is 4.74. The van der Waals surface area contributed by atoms with Gasteiger partial charge >= 0.3 is 0 Å². The molecule has 158 valence electrons. The summed E-state index contributed by atoms with van der Waals surface area (Å²) in [6.45, 7) is 5.07. The molecule has 0 aliphatic carbocycles. The van der Waals surface area contributed by atoms with Gasteiger partial charge in [-0.1, -0.05) is 16.8 Å². The predicted octanol–water partition coefficient (Wildman–Crippen LogP) is 3.52. The van der Waals surface area contributed by atoms with Gasteiger partial charge in [-0.05, 0) is 44.0 Å². The van der Waals surface area contributed by atoms with Crippen LogP contribution in [0.25, 0.3) is 0 Å². The summed E-state index contributed by atoms with van der Waals surface area (Å²) in [5.41, 5.74) is 3.46. The highest BCUT2D eigenvalue weighted by molar-refractivity contribution is 7.16. The van der Waals surface area contributed by atoms with Crippen LogP contribution in [0.3, 0.4) is 0 Å². The fourth-order valence-electron chi connectivity index (χ4n) is 4.67. The maximum atomic E-state index is 10.4. The monoisotopic (exact) mass is 445 g/mol. The van der Waals surface area contributed by atoms with E-state index in [0.717, 1.165) is 40.2 Å². The van der Waals surface area contributed by atoms with E-state index < -0.39 is 11.7 Å². The molecule has 2 aliphatic rings. The van der Waals surface area contributed by atoms with Gasteiger partial charge in [0.05, 0.1) is 35.4 Å². The van der Waals surface area contributed by atoms with E-state index in [0.29, 0.717) is 10.9 Å². The number of fused-ring (bicyclic) bond motifs is 2. The number of piperidine rings is 1. The average Bonchev–Trinajstić information content (AvgIpc) is 3.32. The molecule has 0 amide bonds. The van der Waals surface area contributed by atoms with Crippen molar-refractivity contribution >= 4 is 22.9 Å². The molecule has 2 N–H and O–H groups in total. The molecule has 2 aliphatic heterocycles. The van der Waals surface area contributed by atoms with E-state index >= 15 is 0 Å². The summed E-state index contributed by atoms with van der Waals surface area (Å²) >= 11 is 7.82. The van der Waals surface area contributed by atoms with Crippen LogP contribution in [0.2, 0.25) is 4.34 Å². The number of rotatable bonds is 3. The molecule has 9 heteroatoms. The standard InChI is InChI=1S/C21H24ClN5O2S/c1-12-5-14(3-4-23-12)9-27-10-17(25-26-27)16-8-21(7-13(2)24-16)20-15(6-19(22)30-20)18(28)11-29-21/h3-6,10,13,16,18,24,28H,7-9,11H2,1-2H3/t13-,16-,18+,21-/m0/s1. The summed E-state index contributed by atoms with van der Waals surface area (Å²) < 4.78 is 8.84. The maximum absolute atomic E-state index is 10.4. The third-order valence-corrected chi connectivity index (χ3v) is 7.36. The second-order valence-corrected chi connectivity index (χ2v) is 10.0. The van der Waals surface area contributed by atoms with Gasteiger partial charge in [-0.3, -0.25) is 4.98 Å². The van der Waals surface area contributed by atoms with Crippen molar-refractivity contribution in [1.29, 1.82) is 0 Å². The minimum absolute atomic E-state index is 0.00523. The Labute approximate surface area is 184 Å². The van der Waals surface area contributed by atoms with Crippen LogP contribution in [-0.4, -0.2) is 37.7 Å². The topological polar surface area (TPSA) is 85.1 Å². The largest absolute Gasteiger partial charge is 0.386 e. The number of aliphatic hydroxyl groups excluding tert-OH is 1. The first-order valence-corrected chi connectivity index (χ1v) is 11.3. The zero-order valence-electron chi connectivity index (χ0n) is 16.9. The summed E-state index contributed by atoms with van der Waals surface area (Å²) in [6, 6.07) is 6.16. The van der Waals surface area contributed by atoms with E-state index in [4.69, 9.17) is 16.3 Å². The number of hydrogen-bond acceptors (Lipinski definition) is 7. The third-order valence-electron chi connectivity index (χ3n) is 5.90. The van der Waals surface area contributed by atoms with Crippen molar-refractivity contribution < 1.29 is 9.84 Å². The van der Waals surface area contributed by atoms with Crippen LogP contribution in [0.1, 0.15) is 59.3 Å². The lowest BCUT2D eigenvalue weighted by Crippen LogP contribution is -2.50. The first-order valence-electron chi connectivity index (χ1n) is 10.1. The Morgan fingerprint density at radius 2 is 2.27 bits per heavy atom. The smallest absolute Gasteiger partial charge is 0.106 e. The van der Waals surface area contributed by atoms with E-state index in [2.05, 4.69) is 33.6 Å².